The van der Waals surface area contributed by atoms with Crippen LogP contribution in [0.5, 0.6) is 0 Å². The molecule has 0 aliphatic carbocycles. The van der Waals surface area contributed by atoms with Crippen molar-refractivity contribution in [3.63, 3.8) is 0 Å². The van der Waals surface area contributed by atoms with E-state index in [1.54, 1.807) is 6.33 Å². The van der Waals surface area contributed by atoms with Crippen LogP contribution in [0.3, 0.4) is 0 Å². The van der Waals surface area contributed by atoms with Crippen LogP contribution in [-0.4, -0.2) is 28.4 Å². The number of anilines is 1. The molecule has 0 amide bonds. The third-order valence-electron chi connectivity index (χ3n) is 2.92. The van der Waals surface area contributed by atoms with Crippen molar-refractivity contribution in [3.8, 4) is 0 Å². The molecule has 1 unspecified atom stereocenters. The van der Waals surface area contributed by atoms with E-state index in [0.717, 1.165) is 24.5 Å². The van der Waals surface area contributed by atoms with Crippen LogP contribution in [0, 0.1) is 0 Å². The summed E-state index contributed by atoms with van der Waals surface area (Å²) in [5.41, 5.74) is 1.10. The Labute approximate surface area is 95.5 Å². The molecule has 0 radical (unpaired) electrons. The van der Waals surface area contributed by atoms with Gasteiger partial charge in [-0.1, -0.05) is 6.92 Å². The minimum atomic E-state index is 0.450. The summed E-state index contributed by atoms with van der Waals surface area (Å²) >= 11 is 5.94. The Balaban J connectivity index is 2.20. The molecule has 15 heavy (non-hydrogen) atoms. The number of rotatable bonds is 3. The van der Waals surface area contributed by atoms with Gasteiger partial charge < -0.3 is 4.90 Å². The highest BCUT2D eigenvalue weighted by Gasteiger charge is 2.24. The topological polar surface area (TPSA) is 29.0 Å². The van der Waals surface area contributed by atoms with Crippen LogP contribution in [0.4, 0.5) is 5.82 Å². The second-order valence-electron chi connectivity index (χ2n) is 3.86. The highest BCUT2D eigenvalue weighted by atomic mass is 35.5. The first-order valence-electron chi connectivity index (χ1n) is 5.48. The molecule has 1 saturated heterocycles. The second kappa shape index (κ2) is 4.79. The van der Waals surface area contributed by atoms with Crippen LogP contribution in [-0.2, 0) is 6.42 Å². The Morgan fingerprint density at radius 1 is 1.53 bits per heavy atom. The minimum Gasteiger partial charge on any atom is -0.352 e. The van der Waals surface area contributed by atoms with Crippen molar-refractivity contribution in [1.82, 2.24) is 9.97 Å². The molecular formula is C11H16ClN3. The van der Waals surface area contributed by atoms with E-state index in [9.17, 15) is 0 Å². The number of halogens is 1. The van der Waals surface area contributed by atoms with Crippen LogP contribution < -0.4 is 4.90 Å². The molecular weight excluding hydrogens is 210 g/mol. The van der Waals surface area contributed by atoms with Gasteiger partial charge in [0.25, 0.3) is 0 Å². The maximum absolute atomic E-state index is 5.94. The van der Waals surface area contributed by atoms with Crippen molar-refractivity contribution in [2.45, 2.75) is 32.2 Å². The van der Waals surface area contributed by atoms with Gasteiger partial charge in [-0.2, -0.15) is 0 Å². The molecule has 0 N–H and O–H groups in total. The zero-order chi connectivity index (χ0) is 10.7. The summed E-state index contributed by atoms with van der Waals surface area (Å²) in [5.74, 6) is 1.72. The van der Waals surface area contributed by atoms with Crippen molar-refractivity contribution in [2.75, 3.05) is 17.3 Å². The van der Waals surface area contributed by atoms with Gasteiger partial charge in [0.1, 0.15) is 12.1 Å². The lowest BCUT2D eigenvalue weighted by Gasteiger charge is -2.23. The Bertz CT molecular complexity index is 329. The number of hydrogen-bond donors (Lipinski definition) is 0. The van der Waals surface area contributed by atoms with Crippen LogP contribution >= 0.6 is 11.6 Å². The van der Waals surface area contributed by atoms with Gasteiger partial charge >= 0.3 is 0 Å². The fraction of sp³-hybridized carbons (Fsp3) is 0.636. The van der Waals surface area contributed by atoms with Gasteiger partial charge in [-0.05, 0) is 19.3 Å². The van der Waals surface area contributed by atoms with Crippen LogP contribution in [0.2, 0.25) is 0 Å². The molecule has 1 fully saturated rings. The molecule has 2 heterocycles. The zero-order valence-corrected chi connectivity index (χ0v) is 9.74. The maximum atomic E-state index is 5.94. The molecule has 0 aromatic carbocycles. The second-order valence-corrected chi connectivity index (χ2v) is 4.17. The quantitative estimate of drug-likeness (QED) is 0.739. The van der Waals surface area contributed by atoms with Crippen molar-refractivity contribution >= 4 is 17.4 Å². The number of nitrogens with zero attached hydrogens (tertiary/aromatic N) is 3. The lowest BCUT2D eigenvalue weighted by atomic mass is 10.2. The monoisotopic (exact) mass is 225 g/mol. The van der Waals surface area contributed by atoms with Crippen molar-refractivity contribution in [2.24, 2.45) is 0 Å². The molecule has 1 aliphatic heterocycles. The molecule has 0 bridgehead atoms. The fourth-order valence-electron chi connectivity index (χ4n) is 2.03. The molecule has 1 aliphatic rings. The fourth-order valence-corrected chi connectivity index (χ4v) is 2.35. The van der Waals surface area contributed by atoms with Gasteiger partial charge in [0.05, 0.1) is 0 Å². The van der Waals surface area contributed by atoms with E-state index in [2.05, 4.69) is 27.9 Å². The minimum absolute atomic E-state index is 0.450. The maximum Gasteiger partial charge on any atom is 0.132 e. The predicted molar refractivity (Wildman–Crippen MR) is 62.5 cm³/mol. The number of hydrogen-bond acceptors (Lipinski definition) is 3. The molecule has 82 valence electrons. The van der Waals surface area contributed by atoms with E-state index in [-0.39, 0.29) is 0 Å². The first-order chi connectivity index (χ1) is 7.35. The van der Waals surface area contributed by atoms with Crippen LogP contribution in [0.1, 0.15) is 25.5 Å². The SMILES string of the molecule is CCc1cc(N2CCCC2CCl)ncn1. The number of aryl methyl sites for hydroxylation is 1. The molecule has 0 saturated carbocycles. The number of aromatic nitrogens is 2. The third-order valence-corrected chi connectivity index (χ3v) is 3.28. The summed E-state index contributed by atoms with van der Waals surface area (Å²) in [6.07, 6.45) is 4.99. The van der Waals surface area contributed by atoms with E-state index in [0.29, 0.717) is 11.9 Å². The zero-order valence-electron chi connectivity index (χ0n) is 8.99. The Morgan fingerprint density at radius 3 is 3.13 bits per heavy atom. The molecule has 3 nitrogen and oxygen atoms in total. The van der Waals surface area contributed by atoms with Gasteiger partial charge in [-0.15, -0.1) is 11.6 Å². The largest absolute Gasteiger partial charge is 0.352 e. The van der Waals surface area contributed by atoms with Gasteiger partial charge in [-0.25, -0.2) is 9.97 Å². The van der Waals surface area contributed by atoms with Crippen molar-refractivity contribution in [1.29, 1.82) is 0 Å². The highest BCUT2D eigenvalue weighted by Crippen LogP contribution is 2.24. The Morgan fingerprint density at radius 2 is 2.40 bits per heavy atom. The Kier molecular flexibility index (Phi) is 3.41. The van der Waals surface area contributed by atoms with E-state index in [1.165, 1.54) is 12.8 Å². The number of alkyl halides is 1. The van der Waals surface area contributed by atoms with Crippen LogP contribution in [0.25, 0.3) is 0 Å². The van der Waals surface area contributed by atoms with E-state index in [4.69, 9.17) is 11.6 Å². The van der Waals surface area contributed by atoms with Gasteiger partial charge in [-0.3, -0.25) is 0 Å². The summed E-state index contributed by atoms with van der Waals surface area (Å²) in [7, 11) is 0. The van der Waals surface area contributed by atoms with Gasteiger partial charge in [0.15, 0.2) is 0 Å². The van der Waals surface area contributed by atoms with Gasteiger partial charge in [0, 0.05) is 30.2 Å². The standard InChI is InChI=1S/C11H16ClN3/c1-2-9-6-11(14-8-13-9)15-5-3-4-10(15)7-12/h6,8,10H,2-5,7H2,1H3. The summed E-state index contributed by atoms with van der Waals surface area (Å²) in [6.45, 7) is 3.17. The lowest BCUT2D eigenvalue weighted by Crippen LogP contribution is -2.31. The van der Waals surface area contributed by atoms with E-state index >= 15 is 0 Å². The summed E-state index contributed by atoms with van der Waals surface area (Å²) in [4.78, 5) is 10.8. The summed E-state index contributed by atoms with van der Waals surface area (Å²) in [6, 6.07) is 2.52. The highest BCUT2D eigenvalue weighted by molar-refractivity contribution is 6.18. The van der Waals surface area contributed by atoms with Crippen molar-refractivity contribution in [3.05, 3.63) is 18.1 Å². The van der Waals surface area contributed by atoms with E-state index in [1.807, 2.05) is 0 Å². The summed E-state index contributed by atoms with van der Waals surface area (Å²) < 4.78 is 0. The normalized spacial score (nSPS) is 20.9. The lowest BCUT2D eigenvalue weighted by molar-refractivity contribution is 0.731. The Hall–Kier alpha value is -0.830. The van der Waals surface area contributed by atoms with Crippen molar-refractivity contribution < 1.29 is 0 Å². The molecule has 4 heteroatoms. The smallest absolute Gasteiger partial charge is 0.132 e. The average Bonchev–Trinajstić information content (AvgIpc) is 2.77. The van der Waals surface area contributed by atoms with E-state index < -0.39 is 0 Å². The third kappa shape index (κ3) is 2.23. The summed E-state index contributed by atoms with van der Waals surface area (Å²) in [5, 5.41) is 0. The predicted octanol–water partition coefficient (Wildman–Crippen LogP) is 2.25. The first kappa shape index (κ1) is 10.7. The first-order valence-corrected chi connectivity index (χ1v) is 6.02. The molecule has 2 rings (SSSR count). The van der Waals surface area contributed by atoms with Crippen LogP contribution in [0.15, 0.2) is 12.4 Å². The molecule has 0 spiro atoms. The molecule has 1 aromatic heterocycles. The van der Waals surface area contributed by atoms with Gasteiger partial charge in [0.2, 0.25) is 0 Å². The average molecular weight is 226 g/mol. The molecule has 1 atom stereocenters. The molecule has 1 aromatic rings.